The smallest absolute Gasteiger partial charge is 0.129 e. The molecule has 0 radical (unpaired) electrons. The van der Waals surface area contributed by atoms with Crippen molar-refractivity contribution >= 4 is 0 Å². The molecule has 1 aromatic rings. The molecule has 14 heavy (non-hydrogen) atoms. The summed E-state index contributed by atoms with van der Waals surface area (Å²) in [5.41, 5.74) is 1.20. The normalized spacial score (nSPS) is 15.9. The molecule has 0 aliphatic heterocycles. The fraction of sp³-hybridized carbons (Fsp3) is 0.500. The number of rotatable bonds is 3. The molecule has 0 nitrogen and oxygen atoms in total. The van der Waals surface area contributed by atoms with Crippen LogP contribution in [-0.2, 0) is 6.42 Å². The van der Waals surface area contributed by atoms with Crippen molar-refractivity contribution in [2.75, 3.05) is 0 Å². The number of hydrogen-bond donors (Lipinski definition) is 0. The average Bonchev–Trinajstić information content (AvgIpc) is 2.92. The standard InChI is InChI=1S/C12H14F2/c1-8-6-10(5-4-9-2-3-9)12(14)7-11(8)13/h6-7,9H,2-5H2,1H3. The maximum Gasteiger partial charge on any atom is 0.129 e. The van der Waals surface area contributed by atoms with Crippen molar-refractivity contribution in [2.45, 2.75) is 32.6 Å². The molecule has 1 aliphatic rings. The van der Waals surface area contributed by atoms with Gasteiger partial charge in [0.2, 0.25) is 0 Å². The van der Waals surface area contributed by atoms with Crippen molar-refractivity contribution in [3.63, 3.8) is 0 Å². The molecular weight excluding hydrogens is 182 g/mol. The van der Waals surface area contributed by atoms with Crippen LogP contribution in [0.1, 0.15) is 30.4 Å². The van der Waals surface area contributed by atoms with E-state index in [1.807, 2.05) is 0 Å². The van der Waals surface area contributed by atoms with Crippen LogP contribution >= 0.6 is 0 Å². The van der Waals surface area contributed by atoms with Crippen molar-refractivity contribution in [1.82, 2.24) is 0 Å². The summed E-state index contributed by atoms with van der Waals surface area (Å²) in [4.78, 5) is 0. The van der Waals surface area contributed by atoms with E-state index in [0.29, 0.717) is 11.1 Å². The summed E-state index contributed by atoms with van der Waals surface area (Å²) in [6.07, 6.45) is 4.35. The van der Waals surface area contributed by atoms with E-state index in [9.17, 15) is 8.78 Å². The van der Waals surface area contributed by atoms with Gasteiger partial charge in [-0.25, -0.2) is 8.78 Å². The van der Waals surface area contributed by atoms with Gasteiger partial charge in [0.05, 0.1) is 0 Å². The first-order valence-corrected chi connectivity index (χ1v) is 5.11. The van der Waals surface area contributed by atoms with Crippen molar-refractivity contribution in [3.05, 3.63) is 34.9 Å². The Kier molecular flexibility index (Phi) is 2.53. The second-order valence-corrected chi connectivity index (χ2v) is 4.17. The summed E-state index contributed by atoms with van der Waals surface area (Å²) in [7, 11) is 0. The Morgan fingerprint density at radius 1 is 1.21 bits per heavy atom. The van der Waals surface area contributed by atoms with Crippen LogP contribution in [0, 0.1) is 24.5 Å². The molecule has 0 bridgehead atoms. The largest absolute Gasteiger partial charge is 0.207 e. The van der Waals surface area contributed by atoms with Crippen LogP contribution in [0.2, 0.25) is 0 Å². The molecule has 1 aliphatic carbocycles. The van der Waals surface area contributed by atoms with Crippen LogP contribution in [-0.4, -0.2) is 0 Å². The Morgan fingerprint density at radius 3 is 2.57 bits per heavy atom. The van der Waals surface area contributed by atoms with E-state index in [-0.39, 0.29) is 0 Å². The average molecular weight is 196 g/mol. The van der Waals surface area contributed by atoms with Gasteiger partial charge in [0.25, 0.3) is 0 Å². The molecule has 1 fully saturated rings. The lowest BCUT2D eigenvalue weighted by Crippen LogP contribution is -1.95. The molecule has 2 rings (SSSR count). The molecule has 0 amide bonds. The quantitative estimate of drug-likeness (QED) is 0.692. The molecule has 0 unspecified atom stereocenters. The summed E-state index contributed by atoms with van der Waals surface area (Å²) in [5.74, 6) is -0.0498. The molecule has 1 aromatic carbocycles. The maximum absolute atomic E-state index is 13.3. The Bertz CT molecular complexity index is 340. The molecule has 1 saturated carbocycles. The van der Waals surface area contributed by atoms with Crippen LogP contribution in [0.15, 0.2) is 12.1 Å². The summed E-state index contributed by atoms with van der Waals surface area (Å²) in [5, 5.41) is 0. The molecule has 0 N–H and O–H groups in total. The Hall–Kier alpha value is -0.920. The maximum atomic E-state index is 13.3. The highest BCUT2D eigenvalue weighted by Crippen LogP contribution is 2.33. The van der Waals surface area contributed by atoms with Crippen LogP contribution in [0.25, 0.3) is 0 Å². The monoisotopic (exact) mass is 196 g/mol. The van der Waals surface area contributed by atoms with E-state index in [1.54, 1.807) is 13.0 Å². The summed E-state index contributed by atoms with van der Waals surface area (Å²) >= 11 is 0. The van der Waals surface area contributed by atoms with Crippen molar-refractivity contribution in [3.8, 4) is 0 Å². The minimum Gasteiger partial charge on any atom is -0.207 e. The lowest BCUT2D eigenvalue weighted by atomic mass is 10.0. The van der Waals surface area contributed by atoms with E-state index >= 15 is 0 Å². The van der Waals surface area contributed by atoms with Gasteiger partial charge in [0, 0.05) is 6.07 Å². The summed E-state index contributed by atoms with van der Waals surface area (Å²) < 4.78 is 26.2. The Morgan fingerprint density at radius 2 is 1.93 bits per heavy atom. The zero-order valence-electron chi connectivity index (χ0n) is 8.32. The minimum absolute atomic E-state index is 0.395. The van der Waals surface area contributed by atoms with E-state index < -0.39 is 11.6 Å². The second kappa shape index (κ2) is 3.68. The predicted octanol–water partition coefficient (Wildman–Crippen LogP) is 3.62. The molecule has 0 spiro atoms. The van der Waals surface area contributed by atoms with Crippen LogP contribution in [0.3, 0.4) is 0 Å². The van der Waals surface area contributed by atoms with E-state index in [1.165, 1.54) is 12.8 Å². The first-order valence-electron chi connectivity index (χ1n) is 5.11. The van der Waals surface area contributed by atoms with Gasteiger partial charge in [-0.2, -0.15) is 0 Å². The highest BCUT2D eigenvalue weighted by atomic mass is 19.1. The van der Waals surface area contributed by atoms with Crippen molar-refractivity contribution in [2.24, 2.45) is 5.92 Å². The van der Waals surface area contributed by atoms with Gasteiger partial charge in [-0.1, -0.05) is 18.9 Å². The topological polar surface area (TPSA) is 0 Å². The van der Waals surface area contributed by atoms with Crippen molar-refractivity contribution < 1.29 is 8.78 Å². The zero-order valence-corrected chi connectivity index (χ0v) is 8.32. The molecule has 2 heteroatoms. The van der Waals surface area contributed by atoms with Gasteiger partial charge >= 0.3 is 0 Å². The van der Waals surface area contributed by atoms with E-state index in [2.05, 4.69) is 0 Å². The lowest BCUT2D eigenvalue weighted by molar-refractivity contribution is 0.561. The molecule has 0 saturated heterocycles. The number of aryl methyl sites for hydroxylation is 2. The van der Waals surface area contributed by atoms with Crippen molar-refractivity contribution in [1.29, 1.82) is 0 Å². The number of hydrogen-bond acceptors (Lipinski definition) is 0. The molecule has 76 valence electrons. The number of benzene rings is 1. The molecule has 0 aromatic heterocycles. The van der Waals surface area contributed by atoms with Gasteiger partial charge in [-0.3, -0.25) is 0 Å². The zero-order chi connectivity index (χ0) is 10.1. The van der Waals surface area contributed by atoms with Crippen LogP contribution in [0.4, 0.5) is 8.78 Å². The van der Waals surface area contributed by atoms with Gasteiger partial charge in [-0.05, 0) is 36.8 Å². The second-order valence-electron chi connectivity index (χ2n) is 4.17. The summed E-state index contributed by atoms with van der Waals surface area (Å²) in [6.45, 7) is 1.68. The Balaban J connectivity index is 2.10. The number of halogens is 2. The molecule has 0 atom stereocenters. The first-order chi connectivity index (χ1) is 6.66. The van der Waals surface area contributed by atoms with Crippen LogP contribution in [0.5, 0.6) is 0 Å². The highest BCUT2D eigenvalue weighted by molar-refractivity contribution is 5.25. The van der Waals surface area contributed by atoms with Gasteiger partial charge < -0.3 is 0 Å². The van der Waals surface area contributed by atoms with Gasteiger partial charge in [0.15, 0.2) is 0 Å². The van der Waals surface area contributed by atoms with E-state index in [4.69, 9.17) is 0 Å². The fourth-order valence-corrected chi connectivity index (χ4v) is 1.67. The third-order valence-electron chi connectivity index (χ3n) is 2.85. The lowest BCUT2D eigenvalue weighted by Gasteiger charge is -2.04. The van der Waals surface area contributed by atoms with Crippen LogP contribution < -0.4 is 0 Å². The third-order valence-corrected chi connectivity index (χ3v) is 2.85. The Labute approximate surface area is 82.9 Å². The minimum atomic E-state index is -0.447. The fourth-order valence-electron chi connectivity index (χ4n) is 1.67. The third kappa shape index (κ3) is 2.11. The first kappa shape index (κ1) is 9.63. The van der Waals surface area contributed by atoms with Gasteiger partial charge in [-0.15, -0.1) is 0 Å². The van der Waals surface area contributed by atoms with Gasteiger partial charge in [0.1, 0.15) is 11.6 Å². The SMILES string of the molecule is Cc1cc(CCC2CC2)c(F)cc1F. The highest BCUT2D eigenvalue weighted by Gasteiger charge is 2.21. The molecule has 0 heterocycles. The predicted molar refractivity (Wildman–Crippen MR) is 52.1 cm³/mol. The summed E-state index contributed by atoms with van der Waals surface area (Å²) in [6, 6.07) is 2.63. The molecular formula is C12H14F2. The van der Waals surface area contributed by atoms with E-state index in [0.717, 1.165) is 24.8 Å².